The molecule has 2 aromatic heterocycles. The SMILES string of the molecule is Cc1ccc(-c2csc3ncnc(OCC(=O)N4C(C)CCCC4C)c23)cc1. The average molecular weight is 396 g/mol. The number of hydrogen-bond acceptors (Lipinski definition) is 5. The number of hydrogen-bond donors (Lipinski definition) is 0. The van der Waals surface area contributed by atoms with E-state index in [1.54, 1.807) is 11.3 Å². The summed E-state index contributed by atoms with van der Waals surface area (Å²) in [6, 6.07) is 8.88. The molecule has 1 saturated heterocycles. The highest BCUT2D eigenvalue weighted by atomic mass is 32.1. The van der Waals surface area contributed by atoms with E-state index in [-0.39, 0.29) is 24.6 Å². The van der Waals surface area contributed by atoms with Gasteiger partial charge in [0.05, 0.1) is 5.39 Å². The van der Waals surface area contributed by atoms with Gasteiger partial charge in [0.1, 0.15) is 11.2 Å². The van der Waals surface area contributed by atoms with Gasteiger partial charge >= 0.3 is 0 Å². The fraction of sp³-hybridized carbons (Fsp3) is 0.409. The van der Waals surface area contributed by atoms with Crippen LogP contribution >= 0.6 is 11.3 Å². The number of ether oxygens (including phenoxy) is 1. The van der Waals surface area contributed by atoms with Crippen molar-refractivity contribution < 1.29 is 9.53 Å². The Hall–Kier alpha value is -2.47. The van der Waals surface area contributed by atoms with Crippen LogP contribution in [-0.2, 0) is 4.79 Å². The van der Waals surface area contributed by atoms with E-state index in [2.05, 4.69) is 60.4 Å². The minimum Gasteiger partial charge on any atom is -0.467 e. The largest absolute Gasteiger partial charge is 0.467 e. The molecule has 1 fully saturated rings. The Labute approximate surface area is 169 Å². The zero-order chi connectivity index (χ0) is 19.7. The van der Waals surface area contributed by atoms with Gasteiger partial charge in [0.25, 0.3) is 5.91 Å². The molecule has 2 unspecified atom stereocenters. The number of amides is 1. The number of thiophene rings is 1. The number of fused-ring (bicyclic) bond motifs is 1. The highest BCUT2D eigenvalue weighted by Gasteiger charge is 2.29. The zero-order valence-corrected chi connectivity index (χ0v) is 17.3. The number of benzene rings is 1. The van der Waals surface area contributed by atoms with Gasteiger partial charge < -0.3 is 9.64 Å². The molecule has 3 aromatic rings. The Kier molecular flexibility index (Phi) is 5.31. The molecule has 1 aliphatic heterocycles. The fourth-order valence-corrected chi connectivity index (χ4v) is 4.93. The maximum Gasteiger partial charge on any atom is 0.261 e. The Bertz CT molecular complexity index is 973. The van der Waals surface area contributed by atoms with Gasteiger partial charge in [-0.3, -0.25) is 4.79 Å². The first kappa shape index (κ1) is 18.9. The monoisotopic (exact) mass is 395 g/mol. The number of likely N-dealkylation sites (tertiary alicyclic amines) is 1. The normalized spacial score (nSPS) is 19.8. The summed E-state index contributed by atoms with van der Waals surface area (Å²) >= 11 is 1.56. The van der Waals surface area contributed by atoms with Crippen molar-refractivity contribution in [2.24, 2.45) is 0 Å². The van der Waals surface area contributed by atoms with E-state index < -0.39 is 0 Å². The molecule has 2 atom stereocenters. The van der Waals surface area contributed by atoms with Crippen molar-refractivity contribution in [3.05, 3.63) is 41.5 Å². The summed E-state index contributed by atoms with van der Waals surface area (Å²) in [6.45, 7) is 6.31. The molecule has 3 heterocycles. The number of piperidine rings is 1. The van der Waals surface area contributed by atoms with Crippen molar-refractivity contribution in [3.63, 3.8) is 0 Å². The summed E-state index contributed by atoms with van der Waals surface area (Å²) in [5, 5.41) is 2.96. The van der Waals surface area contributed by atoms with E-state index >= 15 is 0 Å². The van der Waals surface area contributed by atoms with Crippen LogP contribution in [0.15, 0.2) is 36.0 Å². The van der Waals surface area contributed by atoms with Gasteiger partial charge in [-0.05, 0) is 45.6 Å². The lowest BCUT2D eigenvalue weighted by molar-refractivity contribution is -0.139. The van der Waals surface area contributed by atoms with Gasteiger partial charge in [-0.2, -0.15) is 0 Å². The van der Waals surface area contributed by atoms with Crippen LogP contribution in [0, 0.1) is 6.92 Å². The minimum absolute atomic E-state index is 0.00395. The lowest BCUT2D eigenvalue weighted by Crippen LogP contribution is -2.49. The van der Waals surface area contributed by atoms with E-state index in [1.165, 1.54) is 18.3 Å². The van der Waals surface area contributed by atoms with Crippen LogP contribution in [0.1, 0.15) is 38.7 Å². The molecular weight excluding hydrogens is 370 g/mol. The number of carbonyl (C=O) groups excluding carboxylic acids is 1. The number of aryl methyl sites for hydroxylation is 1. The van der Waals surface area contributed by atoms with Crippen molar-refractivity contribution in [1.29, 1.82) is 0 Å². The maximum absolute atomic E-state index is 12.8. The summed E-state index contributed by atoms with van der Waals surface area (Å²) in [4.78, 5) is 24.4. The Morgan fingerprint density at radius 3 is 2.61 bits per heavy atom. The van der Waals surface area contributed by atoms with Crippen molar-refractivity contribution >= 4 is 27.5 Å². The number of nitrogens with zero attached hydrogens (tertiary/aromatic N) is 3. The third-order valence-corrected chi connectivity index (χ3v) is 6.40. The molecule has 4 rings (SSSR count). The third-order valence-electron chi connectivity index (χ3n) is 5.51. The summed E-state index contributed by atoms with van der Waals surface area (Å²) < 4.78 is 5.94. The van der Waals surface area contributed by atoms with Crippen LogP contribution in [0.25, 0.3) is 21.3 Å². The van der Waals surface area contributed by atoms with Crippen molar-refractivity contribution in [1.82, 2.24) is 14.9 Å². The summed E-state index contributed by atoms with van der Waals surface area (Å²) in [5.74, 6) is 0.506. The molecule has 28 heavy (non-hydrogen) atoms. The van der Waals surface area contributed by atoms with Crippen LogP contribution in [0.3, 0.4) is 0 Å². The second kappa shape index (κ2) is 7.87. The van der Waals surface area contributed by atoms with Gasteiger partial charge in [-0.1, -0.05) is 29.8 Å². The first-order valence-corrected chi connectivity index (χ1v) is 10.7. The predicted octanol–water partition coefficient (Wildman–Crippen LogP) is 4.84. The number of aromatic nitrogens is 2. The molecular formula is C22H25N3O2S. The highest BCUT2D eigenvalue weighted by Crippen LogP contribution is 2.37. The van der Waals surface area contributed by atoms with Crippen molar-refractivity contribution in [2.75, 3.05) is 6.61 Å². The first-order chi connectivity index (χ1) is 13.5. The van der Waals surface area contributed by atoms with Gasteiger partial charge in [-0.15, -0.1) is 11.3 Å². The molecule has 6 heteroatoms. The quantitative estimate of drug-likeness (QED) is 0.635. The third kappa shape index (κ3) is 3.61. The molecule has 0 spiro atoms. The molecule has 0 aliphatic carbocycles. The topological polar surface area (TPSA) is 55.3 Å². The molecule has 1 aliphatic rings. The van der Waals surface area contributed by atoms with E-state index in [0.29, 0.717) is 5.88 Å². The van der Waals surface area contributed by atoms with Crippen LogP contribution in [-0.4, -0.2) is 39.5 Å². The molecule has 5 nitrogen and oxygen atoms in total. The summed E-state index contributed by atoms with van der Waals surface area (Å²) in [5.41, 5.74) is 3.36. The minimum atomic E-state index is 0.00395. The summed E-state index contributed by atoms with van der Waals surface area (Å²) in [7, 11) is 0. The van der Waals surface area contributed by atoms with E-state index in [9.17, 15) is 4.79 Å². The van der Waals surface area contributed by atoms with Crippen LogP contribution < -0.4 is 4.74 Å². The molecule has 0 bridgehead atoms. The smallest absolute Gasteiger partial charge is 0.261 e. The fourth-order valence-electron chi connectivity index (χ4n) is 4.02. The summed E-state index contributed by atoms with van der Waals surface area (Å²) in [6.07, 6.45) is 4.78. The number of carbonyl (C=O) groups is 1. The lowest BCUT2D eigenvalue weighted by atomic mass is 9.97. The molecule has 0 radical (unpaired) electrons. The lowest BCUT2D eigenvalue weighted by Gasteiger charge is -2.38. The average Bonchev–Trinajstić information content (AvgIpc) is 3.11. The molecule has 0 saturated carbocycles. The standard InChI is InChI=1S/C22H25N3O2S/c1-14-7-9-17(10-8-14)18-12-28-22-20(18)21(23-13-24-22)27-11-19(26)25-15(2)5-4-6-16(25)3/h7-10,12-13,15-16H,4-6,11H2,1-3H3. The van der Waals surface area contributed by atoms with Crippen molar-refractivity contribution in [3.8, 4) is 17.0 Å². The zero-order valence-electron chi connectivity index (χ0n) is 16.5. The Morgan fingerprint density at radius 1 is 1.18 bits per heavy atom. The van der Waals surface area contributed by atoms with Gasteiger partial charge in [0.15, 0.2) is 6.61 Å². The predicted molar refractivity (Wildman–Crippen MR) is 113 cm³/mol. The van der Waals surface area contributed by atoms with E-state index in [4.69, 9.17) is 4.74 Å². The van der Waals surface area contributed by atoms with E-state index in [0.717, 1.165) is 34.2 Å². The van der Waals surface area contributed by atoms with Crippen LogP contribution in [0.5, 0.6) is 5.88 Å². The highest BCUT2D eigenvalue weighted by molar-refractivity contribution is 7.17. The Balaban J connectivity index is 1.60. The van der Waals surface area contributed by atoms with Gasteiger partial charge in [0, 0.05) is 23.0 Å². The molecule has 0 N–H and O–H groups in total. The number of rotatable bonds is 4. The first-order valence-electron chi connectivity index (χ1n) is 9.78. The van der Waals surface area contributed by atoms with Crippen LogP contribution in [0.4, 0.5) is 0 Å². The Morgan fingerprint density at radius 2 is 1.89 bits per heavy atom. The molecule has 146 valence electrons. The van der Waals surface area contributed by atoms with Crippen molar-refractivity contribution in [2.45, 2.75) is 52.1 Å². The van der Waals surface area contributed by atoms with Gasteiger partial charge in [-0.25, -0.2) is 9.97 Å². The van der Waals surface area contributed by atoms with Gasteiger partial charge in [0.2, 0.25) is 5.88 Å². The second-order valence-corrected chi connectivity index (χ2v) is 8.45. The second-order valence-electron chi connectivity index (χ2n) is 7.59. The molecule has 1 amide bonds. The van der Waals surface area contributed by atoms with Crippen LogP contribution in [0.2, 0.25) is 0 Å². The molecule has 1 aromatic carbocycles. The van der Waals surface area contributed by atoms with E-state index in [1.807, 2.05) is 4.90 Å². The maximum atomic E-state index is 12.8.